The van der Waals surface area contributed by atoms with Gasteiger partial charge in [-0.3, -0.25) is 0 Å². The second kappa shape index (κ2) is 3.74. The van der Waals surface area contributed by atoms with Gasteiger partial charge in [0, 0.05) is 0 Å². The van der Waals surface area contributed by atoms with E-state index in [9.17, 15) is 0 Å². The molecular formula is C8H8OS2. The van der Waals surface area contributed by atoms with Gasteiger partial charge < -0.3 is 4.74 Å². The monoisotopic (exact) mass is 184 g/mol. The predicted molar refractivity (Wildman–Crippen MR) is 53.4 cm³/mol. The van der Waals surface area contributed by atoms with Crippen LogP contribution in [0.5, 0.6) is 5.75 Å². The summed E-state index contributed by atoms with van der Waals surface area (Å²) in [6, 6.07) is 7.66. The van der Waals surface area contributed by atoms with Gasteiger partial charge in [0.25, 0.3) is 0 Å². The molecule has 0 aliphatic rings. The van der Waals surface area contributed by atoms with Crippen LogP contribution in [0.25, 0.3) is 0 Å². The lowest BCUT2D eigenvalue weighted by molar-refractivity contribution is 0.579. The zero-order valence-corrected chi connectivity index (χ0v) is 7.78. The van der Waals surface area contributed by atoms with Gasteiger partial charge in [-0.05, 0) is 36.8 Å². The van der Waals surface area contributed by atoms with Crippen LogP contribution in [0.15, 0.2) is 24.3 Å². The Morgan fingerprint density at radius 3 is 2.82 bits per heavy atom. The largest absolute Gasteiger partial charge is 0.440 e. The molecule has 0 atom stereocenters. The first kappa shape index (κ1) is 8.56. The van der Waals surface area contributed by atoms with Gasteiger partial charge in [-0.25, -0.2) is 0 Å². The highest BCUT2D eigenvalue weighted by atomic mass is 32.1. The Hall–Kier alpha value is -0.540. The van der Waals surface area contributed by atoms with Crippen LogP contribution in [0, 0.1) is 6.92 Å². The minimum Gasteiger partial charge on any atom is -0.440 e. The maximum atomic E-state index is 5.09. The van der Waals surface area contributed by atoms with Crippen molar-refractivity contribution < 1.29 is 4.74 Å². The van der Waals surface area contributed by atoms with Gasteiger partial charge in [-0.15, -0.1) is 0 Å². The number of ether oxygens (including phenoxy) is 1. The van der Waals surface area contributed by atoms with Crippen LogP contribution in [0.3, 0.4) is 0 Å². The van der Waals surface area contributed by atoms with Gasteiger partial charge in [0.2, 0.25) is 4.38 Å². The average Bonchev–Trinajstić information content (AvgIpc) is 1.85. The highest BCUT2D eigenvalue weighted by Crippen LogP contribution is 2.13. The fourth-order valence-corrected chi connectivity index (χ4v) is 0.981. The first-order valence-corrected chi connectivity index (χ1v) is 4.01. The number of hydrogen-bond donors (Lipinski definition) is 1. The summed E-state index contributed by atoms with van der Waals surface area (Å²) in [6.45, 7) is 1.99. The van der Waals surface area contributed by atoms with Crippen LogP contribution in [0.1, 0.15) is 5.56 Å². The molecule has 0 unspecified atom stereocenters. The number of benzene rings is 1. The van der Waals surface area contributed by atoms with Crippen LogP contribution in [0.4, 0.5) is 0 Å². The molecule has 58 valence electrons. The lowest BCUT2D eigenvalue weighted by Crippen LogP contribution is -1.95. The Kier molecular flexibility index (Phi) is 2.91. The van der Waals surface area contributed by atoms with Crippen LogP contribution < -0.4 is 4.74 Å². The highest BCUT2D eigenvalue weighted by molar-refractivity contribution is 8.10. The van der Waals surface area contributed by atoms with E-state index >= 15 is 0 Å². The number of thiol groups is 1. The van der Waals surface area contributed by atoms with E-state index in [1.165, 1.54) is 0 Å². The molecule has 0 radical (unpaired) electrons. The molecule has 1 rings (SSSR count). The van der Waals surface area contributed by atoms with Crippen LogP contribution in [0.2, 0.25) is 0 Å². The summed E-state index contributed by atoms with van der Waals surface area (Å²) in [4.78, 5) is 0. The molecule has 1 nitrogen and oxygen atoms in total. The summed E-state index contributed by atoms with van der Waals surface area (Å²) in [7, 11) is 0. The van der Waals surface area contributed by atoms with Crippen molar-refractivity contribution in [3.8, 4) is 5.75 Å². The lowest BCUT2D eigenvalue weighted by atomic mass is 10.2. The van der Waals surface area contributed by atoms with Crippen LogP contribution in [-0.4, -0.2) is 4.38 Å². The van der Waals surface area contributed by atoms with Crippen molar-refractivity contribution in [1.82, 2.24) is 0 Å². The van der Waals surface area contributed by atoms with Crippen molar-refractivity contribution in [3.05, 3.63) is 29.8 Å². The van der Waals surface area contributed by atoms with E-state index in [0.717, 1.165) is 11.3 Å². The van der Waals surface area contributed by atoms with E-state index in [-0.39, 0.29) is 4.38 Å². The van der Waals surface area contributed by atoms with Crippen LogP contribution >= 0.6 is 24.8 Å². The molecule has 0 spiro atoms. The Bertz CT molecular complexity index is 271. The fraction of sp³-hybridized carbons (Fsp3) is 0.125. The fourth-order valence-electron chi connectivity index (χ4n) is 0.780. The quantitative estimate of drug-likeness (QED) is 0.530. The molecular weight excluding hydrogens is 176 g/mol. The first-order valence-electron chi connectivity index (χ1n) is 3.16. The van der Waals surface area contributed by atoms with Gasteiger partial charge in [0.15, 0.2) is 0 Å². The maximum absolute atomic E-state index is 5.09. The second-order valence-electron chi connectivity index (χ2n) is 2.18. The summed E-state index contributed by atoms with van der Waals surface area (Å²) < 4.78 is 5.34. The second-order valence-corrected chi connectivity index (χ2v) is 3.26. The Balaban J connectivity index is 2.79. The minimum atomic E-state index is 0.246. The summed E-state index contributed by atoms with van der Waals surface area (Å²) in [5, 5.41) is 0. The molecule has 0 saturated carbocycles. The normalized spacial score (nSPS) is 9.27. The predicted octanol–water partition coefficient (Wildman–Crippen LogP) is 2.59. The van der Waals surface area contributed by atoms with Crippen LogP contribution in [-0.2, 0) is 0 Å². The van der Waals surface area contributed by atoms with E-state index in [4.69, 9.17) is 4.74 Å². The topological polar surface area (TPSA) is 9.23 Å². The molecule has 0 aromatic heterocycles. The van der Waals surface area contributed by atoms with Crippen molar-refractivity contribution in [2.45, 2.75) is 6.92 Å². The van der Waals surface area contributed by atoms with E-state index in [1.807, 2.05) is 31.2 Å². The molecule has 0 bridgehead atoms. The van der Waals surface area contributed by atoms with Gasteiger partial charge in [0.1, 0.15) is 5.75 Å². The summed E-state index contributed by atoms with van der Waals surface area (Å²) in [6.07, 6.45) is 0. The molecule has 0 aliphatic carbocycles. The average molecular weight is 184 g/mol. The Morgan fingerprint density at radius 2 is 2.27 bits per heavy atom. The standard InChI is InChI=1S/C8H8OS2/c1-6-3-2-4-7(5-6)9-8(10)11/h2-5H,1H3,(H,10,11). The third-order valence-electron chi connectivity index (χ3n) is 1.19. The zero-order chi connectivity index (χ0) is 8.27. The molecule has 0 heterocycles. The van der Waals surface area contributed by atoms with Crippen molar-refractivity contribution >= 4 is 29.2 Å². The van der Waals surface area contributed by atoms with Crippen molar-refractivity contribution in [2.24, 2.45) is 0 Å². The van der Waals surface area contributed by atoms with E-state index in [2.05, 4.69) is 24.8 Å². The third-order valence-corrected chi connectivity index (χ3v) is 1.37. The Morgan fingerprint density at radius 1 is 1.55 bits per heavy atom. The SMILES string of the molecule is Cc1cccc(OC(=S)S)c1. The Labute approximate surface area is 76.8 Å². The number of aryl methyl sites for hydroxylation is 1. The van der Waals surface area contributed by atoms with Crippen molar-refractivity contribution in [3.63, 3.8) is 0 Å². The van der Waals surface area contributed by atoms with Crippen molar-refractivity contribution in [1.29, 1.82) is 0 Å². The number of hydrogen-bond acceptors (Lipinski definition) is 2. The number of thiocarbonyl (C=S) groups is 1. The third kappa shape index (κ3) is 2.91. The molecule has 3 heteroatoms. The molecule has 0 N–H and O–H groups in total. The molecule has 1 aromatic rings. The molecule has 0 amide bonds. The molecule has 0 saturated heterocycles. The van der Waals surface area contributed by atoms with E-state index in [0.29, 0.717) is 0 Å². The minimum absolute atomic E-state index is 0.246. The van der Waals surface area contributed by atoms with E-state index in [1.54, 1.807) is 0 Å². The van der Waals surface area contributed by atoms with Gasteiger partial charge in [-0.1, -0.05) is 24.8 Å². The molecule has 0 aliphatic heterocycles. The van der Waals surface area contributed by atoms with Crippen molar-refractivity contribution in [2.75, 3.05) is 0 Å². The zero-order valence-electron chi connectivity index (χ0n) is 6.07. The van der Waals surface area contributed by atoms with Gasteiger partial charge in [-0.2, -0.15) is 0 Å². The van der Waals surface area contributed by atoms with Gasteiger partial charge in [0.05, 0.1) is 0 Å². The maximum Gasteiger partial charge on any atom is 0.222 e. The molecule has 1 aromatic carbocycles. The first-order chi connectivity index (χ1) is 5.18. The summed E-state index contributed by atoms with van der Waals surface area (Å²) >= 11 is 8.52. The lowest BCUT2D eigenvalue weighted by Gasteiger charge is -2.01. The van der Waals surface area contributed by atoms with Gasteiger partial charge >= 0.3 is 0 Å². The smallest absolute Gasteiger partial charge is 0.222 e. The molecule has 0 fully saturated rings. The molecule has 11 heavy (non-hydrogen) atoms. The van der Waals surface area contributed by atoms with E-state index < -0.39 is 0 Å². The summed E-state index contributed by atoms with van der Waals surface area (Å²) in [5.41, 5.74) is 1.15. The number of rotatable bonds is 1. The highest BCUT2D eigenvalue weighted by Gasteiger charge is 1.93. The summed E-state index contributed by atoms with van der Waals surface area (Å²) in [5.74, 6) is 0.741.